The lowest BCUT2D eigenvalue weighted by molar-refractivity contribution is -0.0118. The summed E-state index contributed by atoms with van der Waals surface area (Å²) in [6, 6.07) is 0. The molecule has 0 aromatic carbocycles. The molecule has 0 bridgehead atoms. The van der Waals surface area contributed by atoms with Crippen LogP contribution in [0.2, 0.25) is 0 Å². The minimum Gasteiger partial charge on any atom is -0.374 e. The van der Waals surface area contributed by atoms with Crippen LogP contribution in [0.25, 0.3) is 0 Å². The maximum absolute atomic E-state index is 5.60. The van der Waals surface area contributed by atoms with E-state index in [0.29, 0.717) is 5.95 Å². The first-order valence-electron chi connectivity index (χ1n) is 5.02. The number of nitrogens with zero attached hydrogens (tertiary/aromatic N) is 5. The van der Waals surface area contributed by atoms with E-state index >= 15 is 0 Å². The number of ether oxygens (including phenoxy) is 1. The topological polar surface area (TPSA) is 68.1 Å². The minimum absolute atomic E-state index is 0.209. The summed E-state index contributed by atoms with van der Waals surface area (Å²) in [5, 5.41) is 14.3. The molecule has 15 heavy (non-hydrogen) atoms. The number of aromatic nitrogens is 4. The zero-order valence-electron chi connectivity index (χ0n) is 9.05. The van der Waals surface area contributed by atoms with Crippen LogP contribution in [0, 0.1) is 0 Å². The average Bonchev–Trinajstić information content (AvgIpc) is 2.61. The molecule has 0 aliphatic carbocycles. The number of tetrazole rings is 1. The van der Waals surface area contributed by atoms with Crippen LogP contribution in [0.15, 0.2) is 0 Å². The fourth-order valence-electron chi connectivity index (χ4n) is 1.57. The molecule has 1 fully saturated rings. The lowest BCUT2D eigenvalue weighted by Crippen LogP contribution is -2.43. The molecule has 1 N–H and O–H groups in total. The number of morpholine rings is 1. The molecule has 1 aromatic rings. The van der Waals surface area contributed by atoms with Crippen LogP contribution in [0.5, 0.6) is 0 Å². The molecule has 84 valence electrons. The maximum Gasteiger partial charge on any atom is 0.242 e. The Bertz CT molecular complexity index is 314. The van der Waals surface area contributed by atoms with Gasteiger partial charge < -0.3 is 15.0 Å². The minimum atomic E-state index is 0.209. The van der Waals surface area contributed by atoms with Crippen LogP contribution < -0.4 is 5.32 Å². The normalized spacial score (nSPS) is 22.9. The zero-order valence-corrected chi connectivity index (χ0v) is 9.05. The van der Waals surface area contributed by atoms with Gasteiger partial charge in [-0.2, -0.15) is 0 Å². The standard InChI is InChI=1S/C8H16N6O/c1-13-3-4-15-7(6-13)5-9-8-10-11-12-14(8)2/h7H,3-6H2,1-2H3,(H,9,10,12). The summed E-state index contributed by atoms with van der Waals surface area (Å²) in [5.41, 5.74) is 0. The molecular formula is C8H16N6O. The highest BCUT2D eigenvalue weighted by Crippen LogP contribution is 2.04. The van der Waals surface area contributed by atoms with E-state index < -0.39 is 0 Å². The van der Waals surface area contributed by atoms with Crippen molar-refractivity contribution in [1.82, 2.24) is 25.1 Å². The van der Waals surface area contributed by atoms with E-state index in [2.05, 4.69) is 32.8 Å². The second kappa shape index (κ2) is 4.54. The Labute approximate surface area is 88.4 Å². The molecule has 1 unspecified atom stereocenters. The van der Waals surface area contributed by atoms with Crippen molar-refractivity contribution >= 4 is 5.95 Å². The van der Waals surface area contributed by atoms with Crippen LogP contribution in [-0.2, 0) is 11.8 Å². The number of hydrogen-bond acceptors (Lipinski definition) is 6. The SMILES string of the molecule is CN1CCOC(CNc2nnnn2C)C1. The summed E-state index contributed by atoms with van der Waals surface area (Å²) in [6.07, 6.45) is 0.209. The van der Waals surface area contributed by atoms with Crippen molar-refractivity contribution in [1.29, 1.82) is 0 Å². The van der Waals surface area contributed by atoms with Gasteiger partial charge in [0, 0.05) is 26.7 Å². The van der Waals surface area contributed by atoms with Gasteiger partial charge in [-0.25, -0.2) is 4.68 Å². The monoisotopic (exact) mass is 212 g/mol. The molecule has 0 saturated carbocycles. The number of nitrogens with one attached hydrogen (secondary N) is 1. The van der Waals surface area contributed by atoms with Gasteiger partial charge in [0.1, 0.15) is 0 Å². The van der Waals surface area contributed by atoms with Crippen LogP contribution in [-0.4, -0.2) is 64.5 Å². The molecule has 0 amide bonds. The first-order chi connectivity index (χ1) is 7.25. The van der Waals surface area contributed by atoms with Crippen LogP contribution in [0.4, 0.5) is 5.95 Å². The summed E-state index contributed by atoms with van der Waals surface area (Å²) in [7, 11) is 3.90. The molecular weight excluding hydrogens is 196 g/mol. The molecule has 7 nitrogen and oxygen atoms in total. The largest absolute Gasteiger partial charge is 0.374 e. The highest BCUT2D eigenvalue weighted by molar-refractivity contribution is 5.21. The fourth-order valence-corrected chi connectivity index (χ4v) is 1.57. The van der Waals surface area contributed by atoms with Gasteiger partial charge in [0.15, 0.2) is 0 Å². The third-order valence-electron chi connectivity index (χ3n) is 2.45. The average molecular weight is 212 g/mol. The second-order valence-corrected chi connectivity index (χ2v) is 3.76. The van der Waals surface area contributed by atoms with Crippen molar-refractivity contribution in [3.63, 3.8) is 0 Å². The Morgan fingerprint density at radius 3 is 3.07 bits per heavy atom. The smallest absolute Gasteiger partial charge is 0.242 e. The number of likely N-dealkylation sites (N-methyl/N-ethyl adjacent to an activating group) is 1. The molecule has 7 heteroatoms. The fraction of sp³-hybridized carbons (Fsp3) is 0.875. The third kappa shape index (κ3) is 2.63. The third-order valence-corrected chi connectivity index (χ3v) is 2.45. The Morgan fingerprint density at radius 2 is 2.40 bits per heavy atom. The molecule has 1 aromatic heterocycles. The number of aryl methyl sites for hydroxylation is 1. The van der Waals surface area contributed by atoms with Gasteiger partial charge in [-0.05, 0) is 17.5 Å². The molecule has 0 spiro atoms. The highest BCUT2D eigenvalue weighted by Gasteiger charge is 2.17. The van der Waals surface area contributed by atoms with Crippen molar-refractivity contribution in [3.05, 3.63) is 0 Å². The number of rotatable bonds is 3. The second-order valence-electron chi connectivity index (χ2n) is 3.76. The molecule has 1 aliphatic rings. The summed E-state index contributed by atoms with van der Waals surface area (Å²) >= 11 is 0. The molecule has 1 aliphatic heterocycles. The van der Waals surface area contributed by atoms with E-state index in [0.717, 1.165) is 26.2 Å². The van der Waals surface area contributed by atoms with Gasteiger partial charge in [0.05, 0.1) is 12.7 Å². The Kier molecular flexibility index (Phi) is 3.12. The van der Waals surface area contributed by atoms with E-state index in [4.69, 9.17) is 4.74 Å². The van der Waals surface area contributed by atoms with E-state index in [9.17, 15) is 0 Å². The van der Waals surface area contributed by atoms with Gasteiger partial charge in [-0.1, -0.05) is 5.10 Å². The predicted octanol–water partition coefficient (Wildman–Crippen LogP) is -1.05. The van der Waals surface area contributed by atoms with E-state index in [1.807, 2.05) is 0 Å². The van der Waals surface area contributed by atoms with Crippen molar-refractivity contribution < 1.29 is 4.74 Å². The first-order valence-corrected chi connectivity index (χ1v) is 5.02. The van der Waals surface area contributed by atoms with Crippen molar-refractivity contribution in [2.75, 3.05) is 38.6 Å². The first kappa shape index (κ1) is 10.3. The summed E-state index contributed by atoms with van der Waals surface area (Å²) < 4.78 is 7.21. The molecule has 2 heterocycles. The van der Waals surface area contributed by atoms with Crippen LogP contribution in [0.1, 0.15) is 0 Å². The summed E-state index contributed by atoms with van der Waals surface area (Å²) in [5.74, 6) is 0.673. The molecule has 1 atom stereocenters. The number of anilines is 1. The van der Waals surface area contributed by atoms with E-state index in [1.54, 1.807) is 11.7 Å². The Balaban J connectivity index is 1.80. The van der Waals surface area contributed by atoms with Gasteiger partial charge >= 0.3 is 0 Å². The zero-order chi connectivity index (χ0) is 10.7. The van der Waals surface area contributed by atoms with E-state index in [-0.39, 0.29) is 6.10 Å². The lowest BCUT2D eigenvalue weighted by Gasteiger charge is -2.30. The summed E-state index contributed by atoms with van der Waals surface area (Å²) in [4.78, 5) is 2.25. The van der Waals surface area contributed by atoms with E-state index in [1.165, 1.54) is 0 Å². The summed E-state index contributed by atoms with van der Waals surface area (Å²) in [6.45, 7) is 3.47. The maximum atomic E-state index is 5.60. The quantitative estimate of drug-likeness (QED) is 0.689. The van der Waals surface area contributed by atoms with Gasteiger partial charge in [0.25, 0.3) is 0 Å². The molecule has 1 saturated heterocycles. The van der Waals surface area contributed by atoms with Crippen molar-refractivity contribution in [2.45, 2.75) is 6.10 Å². The highest BCUT2D eigenvalue weighted by atomic mass is 16.5. The van der Waals surface area contributed by atoms with Crippen molar-refractivity contribution in [3.8, 4) is 0 Å². The van der Waals surface area contributed by atoms with Crippen LogP contribution in [0.3, 0.4) is 0 Å². The molecule has 2 rings (SSSR count). The lowest BCUT2D eigenvalue weighted by atomic mass is 10.3. The van der Waals surface area contributed by atoms with Crippen LogP contribution >= 0.6 is 0 Å². The van der Waals surface area contributed by atoms with Gasteiger partial charge in [0.2, 0.25) is 5.95 Å². The van der Waals surface area contributed by atoms with Gasteiger partial charge in [-0.3, -0.25) is 0 Å². The Hall–Kier alpha value is -1.21. The van der Waals surface area contributed by atoms with Crippen molar-refractivity contribution in [2.24, 2.45) is 7.05 Å². The van der Waals surface area contributed by atoms with Gasteiger partial charge in [-0.15, -0.1) is 0 Å². The molecule has 0 radical (unpaired) electrons. The number of hydrogen-bond donors (Lipinski definition) is 1. The Morgan fingerprint density at radius 1 is 1.53 bits per heavy atom. The predicted molar refractivity (Wildman–Crippen MR) is 54.5 cm³/mol.